The number of carbonyl (C=O) groups excluding carboxylic acids is 1. The van der Waals surface area contributed by atoms with Crippen molar-refractivity contribution in [3.63, 3.8) is 0 Å². The number of amides is 1. The van der Waals surface area contributed by atoms with Gasteiger partial charge >= 0.3 is 0 Å². The lowest BCUT2D eigenvalue weighted by atomic mass is 10.0. The highest BCUT2D eigenvalue weighted by atomic mass is 16.2. The molecule has 1 amide bonds. The zero-order chi connectivity index (χ0) is 16.8. The van der Waals surface area contributed by atoms with Crippen molar-refractivity contribution >= 4 is 17.4 Å². The molecule has 2 rings (SSSR count). The van der Waals surface area contributed by atoms with Gasteiger partial charge in [0.25, 0.3) is 5.91 Å². The van der Waals surface area contributed by atoms with E-state index in [1.165, 1.54) is 11.9 Å². The molecule has 1 heterocycles. The van der Waals surface area contributed by atoms with E-state index >= 15 is 0 Å². The maximum Gasteiger partial charge on any atom is 0.272 e. The topological polar surface area (TPSA) is 58.1 Å². The van der Waals surface area contributed by atoms with Crippen LogP contribution in [0.5, 0.6) is 0 Å². The molecule has 0 aliphatic rings. The fraction of sp³-hybridized carbons (Fsp3) is 0.389. The molecule has 23 heavy (non-hydrogen) atoms. The van der Waals surface area contributed by atoms with Crippen LogP contribution in [-0.2, 0) is 0 Å². The van der Waals surface area contributed by atoms with Gasteiger partial charge in [-0.25, -0.2) is 9.97 Å². The van der Waals surface area contributed by atoms with Gasteiger partial charge in [-0.1, -0.05) is 32.0 Å². The highest BCUT2D eigenvalue weighted by molar-refractivity contribution is 5.93. The number of para-hydroxylation sites is 1. The van der Waals surface area contributed by atoms with E-state index in [4.69, 9.17) is 0 Å². The average Bonchev–Trinajstić information content (AvgIpc) is 2.56. The summed E-state index contributed by atoms with van der Waals surface area (Å²) in [5.41, 5.74) is 2.62. The van der Waals surface area contributed by atoms with Crippen LogP contribution < -0.4 is 5.32 Å². The van der Waals surface area contributed by atoms with E-state index in [0.717, 1.165) is 5.69 Å². The first-order chi connectivity index (χ1) is 11.1. The van der Waals surface area contributed by atoms with Gasteiger partial charge in [-0.2, -0.15) is 0 Å². The molecule has 0 radical (unpaired) electrons. The summed E-state index contributed by atoms with van der Waals surface area (Å²) in [6.45, 7) is 9.55. The van der Waals surface area contributed by atoms with E-state index in [0.29, 0.717) is 30.5 Å². The van der Waals surface area contributed by atoms with Crippen LogP contribution in [0.15, 0.2) is 36.7 Å². The molecule has 122 valence electrons. The third-order valence-electron chi connectivity index (χ3n) is 3.78. The first-order valence-electron chi connectivity index (χ1n) is 8.04. The lowest BCUT2D eigenvalue weighted by Gasteiger charge is -2.18. The third-order valence-corrected chi connectivity index (χ3v) is 3.78. The summed E-state index contributed by atoms with van der Waals surface area (Å²) in [7, 11) is 0. The molecule has 0 saturated carbocycles. The third kappa shape index (κ3) is 4.06. The number of nitrogens with zero attached hydrogens (tertiary/aromatic N) is 3. The highest BCUT2D eigenvalue weighted by Crippen LogP contribution is 2.26. The predicted molar refractivity (Wildman–Crippen MR) is 93.1 cm³/mol. The Labute approximate surface area is 137 Å². The van der Waals surface area contributed by atoms with Gasteiger partial charge in [0.1, 0.15) is 17.8 Å². The van der Waals surface area contributed by atoms with Gasteiger partial charge in [-0.3, -0.25) is 4.79 Å². The number of rotatable bonds is 6. The second kappa shape index (κ2) is 7.72. The second-order valence-electron chi connectivity index (χ2n) is 5.63. The summed E-state index contributed by atoms with van der Waals surface area (Å²) in [4.78, 5) is 22.5. The average molecular weight is 312 g/mol. The molecule has 5 nitrogen and oxygen atoms in total. The van der Waals surface area contributed by atoms with Crippen molar-refractivity contribution in [2.24, 2.45) is 0 Å². The van der Waals surface area contributed by atoms with Gasteiger partial charge in [0.05, 0.1) is 0 Å². The minimum atomic E-state index is -0.0717. The fourth-order valence-electron chi connectivity index (χ4n) is 2.47. The number of hydrogen-bond acceptors (Lipinski definition) is 4. The molecule has 1 aromatic carbocycles. The summed E-state index contributed by atoms with van der Waals surface area (Å²) < 4.78 is 0. The predicted octanol–water partition coefficient (Wildman–Crippen LogP) is 3.83. The molecule has 5 heteroatoms. The van der Waals surface area contributed by atoms with Crippen LogP contribution in [0.1, 0.15) is 49.7 Å². The Hall–Kier alpha value is -2.43. The minimum absolute atomic E-state index is 0.0717. The Morgan fingerprint density at radius 3 is 2.52 bits per heavy atom. The molecule has 0 spiro atoms. The van der Waals surface area contributed by atoms with Crippen molar-refractivity contribution in [3.8, 4) is 0 Å². The Balaban J connectivity index is 2.26. The summed E-state index contributed by atoms with van der Waals surface area (Å²) in [5, 5.41) is 3.30. The Bertz CT molecular complexity index is 666. The van der Waals surface area contributed by atoms with Crippen molar-refractivity contribution in [1.82, 2.24) is 14.9 Å². The largest absolute Gasteiger partial charge is 0.340 e. The molecule has 1 N–H and O–H groups in total. The van der Waals surface area contributed by atoms with Crippen molar-refractivity contribution in [2.45, 2.75) is 33.6 Å². The summed E-state index contributed by atoms with van der Waals surface area (Å²) in [5.74, 6) is 0.957. The first-order valence-corrected chi connectivity index (χ1v) is 8.04. The van der Waals surface area contributed by atoms with Gasteiger partial charge in [0.15, 0.2) is 0 Å². The Morgan fingerprint density at radius 1 is 1.17 bits per heavy atom. The molecule has 0 atom stereocenters. The smallest absolute Gasteiger partial charge is 0.272 e. The van der Waals surface area contributed by atoms with Gasteiger partial charge < -0.3 is 10.2 Å². The number of anilines is 2. The molecule has 2 aromatic rings. The van der Waals surface area contributed by atoms with Crippen LogP contribution in [0.2, 0.25) is 0 Å². The molecule has 0 aliphatic heterocycles. The fourth-order valence-corrected chi connectivity index (χ4v) is 2.47. The summed E-state index contributed by atoms with van der Waals surface area (Å²) >= 11 is 0. The Morgan fingerprint density at radius 2 is 1.87 bits per heavy atom. The number of aromatic nitrogens is 2. The lowest BCUT2D eigenvalue weighted by molar-refractivity contribution is 0.0767. The molecule has 1 aromatic heterocycles. The lowest BCUT2D eigenvalue weighted by Crippen LogP contribution is -2.31. The van der Waals surface area contributed by atoms with Crippen LogP contribution >= 0.6 is 0 Å². The Kier molecular flexibility index (Phi) is 5.68. The quantitative estimate of drug-likeness (QED) is 0.881. The zero-order valence-electron chi connectivity index (χ0n) is 14.2. The summed E-state index contributed by atoms with van der Waals surface area (Å²) in [6, 6.07) is 9.82. The number of carbonyl (C=O) groups is 1. The van der Waals surface area contributed by atoms with Crippen molar-refractivity contribution in [1.29, 1.82) is 0 Å². The van der Waals surface area contributed by atoms with E-state index in [-0.39, 0.29) is 5.91 Å². The molecule has 0 fully saturated rings. The maximum absolute atomic E-state index is 12.4. The van der Waals surface area contributed by atoms with Crippen LogP contribution in [0.4, 0.5) is 11.5 Å². The number of nitrogens with one attached hydrogen (secondary N) is 1. The van der Waals surface area contributed by atoms with Crippen molar-refractivity contribution < 1.29 is 4.79 Å². The number of hydrogen-bond donors (Lipinski definition) is 1. The molecular weight excluding hydrogens is 288 g/mol. The van der Waals surface area contributed by atoms with Gasteiger partial charge in [-0.05, 0) is 31.4 Å². The van der Waals surface area contributed by atoms with Gasteiger partial charge in [0, 0.05) is 24.8 Å². The molecule has 0 unspecified atom stereocenters. The van der Waals surface area contributed by atoms with E-state index in [1.807, 2.05) is 32.0 Å². The molecule has 0 bridgehead atoms. The van der Waals surface area contributed by atoms with Crippen LogP contribution in [0.25, 0.3) is 0 Å². The maximum atomic E-state index is 12.4. The standard InChI is InChI=1S/C18H24N4O/c1-5-22(6-2)18(23)16-11-17(20-12-19-16)21-15-10-8-7-9-14(15)13(3)4/h7-13H,5-6H2,1-4H3,(H,19,20,21). The van der Waals surface area contributed by atoms with Gasteiger partial charge in [0.2, 0.25) is 0 Å². The molecule has 0 saturated heterocycles. The highest BCUT2D eigenvalue weighted by Gasteiger charge is 2.15. The van der Waals surface area contributed by atoms with E-state index in [9.17, 15) is 4.79 Å². The van der Waals surface area contributed by atoms with E-state index in [1.54, 1.807) is 11.0 Å². The van der Waals surface area contributed by atoms with Crippen molar-refractivity contribution in [3.05, 3.63) is 47.9 Å². The second-order valence-corrected chi connectivity index (χ2v) is 5.63. The first kappa shape index (κ1) is 16.9. The van der Waals surface area contributed by atoms with Crippen LogP contribution in [-0.4, -0.2) is 33.9 Å². The minimum Gasteiger partial charge on any atom is -0.340 e. The van der Waals surface area contributed by atoms with E-state index in [2.05, 4.69) is 35.2 Å². The molecular formula is C18H24N4O. The molecule has 0 aliphatic carbocycles. The monoisotopic (exact) mass is 312 g/mol. The van der Waals surface area contributed by atoms with Crippen LogP contribution in [0.3, 0.4) is 0 Å². The van der Waals surface area contributed by atoms with Crippen molar-refractivity contribution in [2.75, 3.05) is 18.4 Å². The zero-order valence-corrected chi connectivity index (χ0v) is 14.2. The normalized spacial score (nSPS) is 10.7. The summed E-state index contributed by atoms with van der Waals surface area (Å²) in [6.07, 6.45) is 1.43. The van der Waals surface area contributed by atoms with Gasteiger partial charge in [-0.15, -0.1) is 0 Å². The van der Waals surface area contributed by atoms with Crippen LogP contribution in [0, 0.1) is 0 Å². The SMILES string of the molecule is CCN(CC)C(=O)c1cc(Nc2ccccc2C(C)C)ncn1. The number of benzene rings is 1. The van der Waals surface area contributed by atoms with E-state index < -0.39 is 0 Å².